The van der Waals surface area contributed by atoms with Crippen LogP contribution < -0.4 is 5.73 Å². The van der Waals surface area contributed by atoms with Gasteiger partial charge in [0.25, 0.3) is 0 Å². The fourth-order valence-corrected chi connectivity index (χ4v) is 2.65. The highest BCUT2D eigenvalue weighted by molar-refractivity contribution is 6.17. The van der Waals surface area contributed by atoms with Crippen molar-refractivity contribution < 1.29 is 9.66 Å². The van der Waals surface area contributed by atoms with Gasteiger partial charge in [0.05, 0.1) is 13.2 Å². The first kappa shape index (κ1) is 16.3. The van der Waals surface area contributed by atoms with E-state index in [1.807, 2.05) is 4.90 Å². The van der Waals surface area contributed by atoms with Crippen molar-refractivity contribution in [2.24, 2.45) is 26.6 Å². The average molecular weight is 310 g/mol. The molecule has 122 valence electrons. The van der Waals surface area contributed by atoms with Crippen LogP contribution in [0.15, 0.2) is 15.0 Å². The van der Waals surface area contributed by atoms with E-state index in [4.69, 9.17) is 10.5 Å². The molecule has 0 aromatic heterocycles. The Morgan fingerprint density at radius 3 is 2.95 bits per heavy atom. The highest BCUT2D eigenvalue weighted by Crippen LogP contribution is 2.19. The van der Waals surface area contributed by atoms with E-state index in [9.17, 15) is 10.1 Å². The van der Waals surface area contributed by atoms with Gasteiger partial charge in [-0.05, 0) is 18.8 Å². The fourth-order valence-electron chi connectivity index (χ4n) is 2.65. The number of aliphatic imine (C=N–C) groups is 3. The molecule has 0 aliphatic carbocycles. The third-order valence-electron chi connectivity index (χ3n) is 3.71. The summed E-state index contributed by atoms with van der Waals surface area (Å²) in [6, 6.07) is -1.19. The second-order valence-electron chi connectivity index (χ2n) is 5.56. The summed E-state index contributed by atoms with van der Waals surface area (Å²) < 4.78 is 4.92. The fraction of sp³-hybridized carbons (Fsp3) is 0.769. The number of methoxy groups -OCH3 is 1. The molecule has 1 saturated heterocycles. The Labute approximate surface area is 129 Å². The van der Waals surface area contributed by atoms with Crippen molar-refractivity contribution in [3.05, 3.63) is 10.1 Å². The number of nitrogens with zero attached hydrogens (tertiary/aromatic N) is 5. The summed E-state index contributed by atoms with van der Waals surface area (Å²) >= 11 is 0. The van der Waals surface area contributed by atoms with E-state index in [0.717, 1.165) is 25.9 Å². The Kier molecular flexibility index (Phi) is 5.42. The number of hydrogen-bond donors (Lipinski definition) is 1. The Hall–Kier alpha value is -2.03. The number of nitrogens with two attached hydrogens (primary N) is 1. The molecule has 2 aliphatic rings. The minimum Gasteiger partial charge on any atom is -0.383 e. The van der Waals surface area contributed by atoms with Crippen molar-refractivity contribution in [3.8, 4) is 0 Å². The summed E-state index contributed by atoms with van der Waals surface area (Å²) in [6.07, 6.45) is 2.10. The molecule has 22 heavy (non-hydrogen) atoms. The predicted molar refractivity (Wildman–Crippen MR) is 84.0 cm³/mol. The monoisotopic (exact) mass is 310 g/mol. The molecule has 2 N–H and O–H groups in total. The van der Waals surface area contributed by atoms with Gasteiger partial charge in [-0.25, -0.2) is 4.99 Å². The van der Waals surface area contributed by atoms with E-state index in [0.29, 0.717) is 24.9 Å². The predicted octanol–water partition coefficient (Wildman–Crippen LogP) is 0.135. The van der Waals surface area contributed by atoms with Gasteiger partial charge >= 0.3 is 6.04 Å². The lowest BCUT2D eigenvalue weighted by molar-refractivity contribution is -0.486. The van der Waals surface area contributed by atoms with Gasteiger partial charge in [0.1, 0.15) is 0 Å². The lowest BCUT2D eigenvalue weighted by atomic mass is 9.99. The minimum absolute atomic E-state index is 0.0654. The van der Waals surface area contributed by atoms with Gasteiger partial charge in [-0.2, -0.15) is 9.98 Å². The van der Waals surface area contributed by atoms with Crippen LogP contribution in [0.4, 0.5) is 0 Å². The molecule has 1 fully saturated rings. The SMILES string of the molecule is COCCN=C1N=C(N)C([N+](=O)[O-])C(N2CCCC(C)C2)=N1. The standard InChI is InChI=1S/C13H22N6O3/c1-9-4-3-6-18(8-9)12-10(19(20)21)11(14)16-13(17-12)15-5-7-22-2/h9-10H,3-8H2,1-2H3,(H2,14,15,16). The van der Waals surface area contributed by atoms with Crippen LogP contribution in [0.25, 0.3) is 0 Å². The third-order valence-corrected chi connectivity index (χ3v) is 3.71. The van der Waals surface area contributed by atoms with Gasteiger partial charge in [-0.1, -0.05) is 6.92 Å². The first-order valence-electron chi connectivity index (χ1n) is 7.37. The molecule has 9 heteroatoms. The zero-order valence-corrected chi connectivity index (χ0v) is 12.9. The molecule has 0 bridgehead atoms. The average Bonchev–Trinajstić information content (AvgIpc) is 2.46. The smallest absolute Gasteiger partial charge is 0.325 e. The van der Waals surface area contributed by atoms with Crippen molar-refractivity contribution in [1.82, 2.24) is 4.90 Å². The number of likely N-dealkylation sites (tertiary alicyclic amines) is 1. The highest BCUT2D eigenvalue weighted by atomic mass is 16.6. The maximum Gasteiger partial charge on any atom is 0.325 e. The largest absolute Gasteiger partial charge is 0.383 e. The minimum atomic E-state index is -1.19. The van der Waals surface area contributed by atoms with Crippen molar-refractivity contribution >= 4 is 17.6 Å². The van der Waals surface area contributed by atoms with Crippen molar-refractivity contribution in [3.63, 3.8) is 0 Å². The molecule has 0 saturated carbocycles. The summed E-state index contributed by atoms with van der Waals surface area (Å²) in [5.74, 6) is 0.934. The van der Waals surface area contributed by atoms with Gasteiger partial charge in [0, 0.05) is 25.1 Å². The molecule has 0 radical (unpaired) electrons. The van der Waals surface area contributed by atoms with E-state index in [1.165, 1.54) is 0 Å². The van der Waals surface area contributed by atoms with Crippen LogP contribution in [-0.4, -0.2) is 66.8 Å². The number of nitro groups is 1. The summed E-state index contributed by atoms with van der Waals surface area (Å²) in [4.78, 5) is 25.3. The van der Waals surface area contributed by atoms with Crippen molar-refractivity contribution in [2.45, 2.75) is 25.8 Å². The molecule has 0 amide bonds. The number of amidine groups is 2. The Balaban J connectivity index is 2.27. The van der Waals surface area contributed by atoms with Crippen LogP contribution >= 0.6 is 0 Å². The van der Waals surface area contributed by atoms with Gasteiger partial charge in [0.2, 0.25) is 5.96 Å². The maximum absolute atomic E-state index is 11.3. The van der Waals surface area contributed by atoms with E-state index in [2.05, 4.69) is 21.9 Å². The van der Waals surface area contributed by atoms with Gasteiger partial charge in [-0.15, -0.1) is 0 Å². The van der Waals surface area contributed by atoms with E-state index in [-0.39, 0.29) is 11.8 Å². The zero-order chi connectivity index (χ0) is 16.1. The Bertz CT molecular complexity index is 516. The van der Waals surface area contributed by atoms with Crippen molar-refractivity contribution in [1.29, 1.82) is 0 Å². The zero-order valence-electron chi connectivity index (χ0n) is 12.9. The molecule has 0 aromatic carbocycles. The molecule has 2 heterocycles. The summed E-state index contributed by atoms with van der Waals surface area (Å²) in [6.45, 7) is 4.43. The van der Waals surface area contributed by atoms with Gasteiger partial charge < -0.3 is 15.4 Å². The van der Waals surface area contributed by atoms with Gasteiger partial charge in [0.15, 0.2) is 11.7 Å². The van der Waals surface area contributed by atoms with Crippen LogP contribution in [0, 0.1) is 16.0 Å². The molecular formula is C13H22N6O3. The summed E-state index contributed by atoms with van der Waals surface area (Å²) in [7, 11) is 1.57. The molecule has 0 spiro atoms. The van der Waals surface area contributed by atoms with E-state index in [1.54, 1.807) is 7.11 Å². The quantitative estimate of drug-likeness (QED) is 0.450. The molecule has 0 aromatic rings. The first-order chi connectivity index (χ1) is 10.5. The Morgan fingerprint density at radius 1 is 1.55 bits per heavy atom. The van der Waals surface area contributed by atoms with Crippen molar-refractivity contribution in [2.75, 3.05) is 33.4 Å². The number of piperidine rings is 1. The highest BCUT2D eigenvalue weighted by Gasteiger charge is 2.39. The maximum atomic E-state index is 11.3. The number of guanidine groups is 1. The molecular weight excluding hydrogens is 288 g/mol. The van der Waals surface area contributed by atoms with Gasteiger partial charge in [-0.3, -0.25) is 10.1 Å². The van der Waals surface area contributed by atoms with Crippen LogP contribution in [0.5, 0.6) is 0 Å². The lowest BCUT2D eigenvalue weighted by Crippen LogP contribution is -2.54. The number of ether oxygens (including phenoxy) is 1. The summed E-state index contributed by atoms with van der Waals surface area (Å²) in [5.41, 5.74) is 5.80. The number of hydrogen-bond acceptors (Lipinski definition) is 6. The molecule has 2 aliphatic heterocycles. The molecule has 2 atom stereocenters. The second-order valence-corrected chi connectivity index (χ2v) is 5.56. The van der Waals surface area contributed by atoms with Crippen LogP contribution in [0.2, 0.25) is 0 Å². The normalized spacial score (nSPS) is 27.5. The van der Waals surface area contributed by atoms with Crippen LogP contribution in [0.3, 0.4) is 0 Å². The summed E-state index contributed by atoms with van der Waals surface area (Å²) in [5, 5.41) is 11.3. The van der Waals surface area contributed by atoms with Crippen LogP contribution in [-0.2, 0) is 4.74 Å². The molecule has 2 unspecified atom stereocenters. The van der Waals surface area contributed by atoms with E-state index >= 15 is 0 Å². The number of rotatable bonds is 4. The molecule has 2 rings (SSSR count). The topological polar surface area (TPSA) is 119 Å². The third kappa shape index (κ3) is 3.79. The Morgan fingerprint density at radius 2 is 2.32 bits per heavy atom. The first-order valence-corrected chi connectivity index (χ1v) is 7.37. The van der Waals surface area contributed by atoms with Crippen LogP contribution in [0.1, 0.15) is 19.8 Å². The molecule has 9 nitrogen and oxygen atoms in total. The van der Waals surface area contributed by atoms with E-state index < -0.39 is 11.0 Å². The lowest BCUT2D eigenvalue weighted by Gasteiger charge is -2.34. The second kappa shape index (κ2) is 7.30.